The molecular weight excluding hydrogens is 581 g/mol. The van der Waals surface area contributed by atoms with Gasteiger partial charge in [0.15, 0.2) is 0 Å². The molecule has 0 saturated carbocycles. The van der Waals surface area contributed by atoms with Crippen LogP contribution in [-0.2, 0) is 0 Å². The first-order valence-corrected chi connectivity index (χ1v) is 16.4. The number of fused-ring (bicyclic) bond motifs is 4. The molecule has 226 valence electrons. The Bertz CT molecular complexity index is 2520. The molecule has 0 radical (unpaired) electrons. The maximum absolute atomic E-state index is 2.36. The van der Waals surface area contributed by atoms with Gasteiger partial charge in [0.05, 0.1) is 11.0 Å². The Kier molecular flexibility index (Phi) is 6.84. The van der Waals surface area contributed by atoms with Crippen molar-refractivity contribution >= 4 is 49.6 Å². The summed E-state index contributed by atoms with van der Waals surface area (Å²) in [4.78, 5) is 2.33. The van der Waals surface area contributed by atoms with E-state index in [0.29, 0.717) is 0 Å². The summed E-state index contributed by atoms with van der Waals surface area (Å²) in [5, 5.41) is 5.04. The van der Waals surface area contributed by atoms with Crippen molar-refractivity contribution in [2.24, 2.45) is 0 Å². The van der Waals surface area contributed by atoms with Gasteiger partial charge < -0.3 is 9.47 Å². The first-order chi connectivity index (χ1) is 23.8. The number of hydrogen-bond acceptors (Lipinski definition) is 1. The zero-order valence-electron chi connectivity index (χ0n) is 26.4. The second kappa shape index (κ2) is 11.8. The minimum atomic E-state index is 1.12. The van der Waals surface area contributed by atoms with Gasteiger partial charge >= 0.3 is 0 Å². The van der Waals surface area contributed by atoms with Crippen LogP contribution in [0.3, 0.4) is 0 Å². The number of anilines is 3. The van der Waals surface area contributed by atoms with Crippen LogP contribution < -0.4 is 4.90 Å². The molecule has 2 heteroatoms. The summed E-state index contributed by atoms with van der Waals surface area (Å²) in [5.41, 5.74) is 11.8. The predicted octanol–water partition coefficient (Wildman–Crippen LogP) is 12.7. The summed E-state index contributed by atoms with van der Waals surface area (Å²) >= 11 is 0. The molecule has 9 aromatic rings. The molecule has 0 N–H and O–H groups in total. The van der Waals surface area contributed by atoms with E-state index in [2.05, 4.69) is 204 Å². The summed E-state index contributed by atoms with van der Waals surface area (Å²) in [6, 6.07) is 69.8. The highest BCUT2D eigenvalue weighted by Crippen LogP contribution is 2.39. The molecule has 0 spiro atoms. The normalized spacial score (nSPS) is 11.3. The lowest BCUT2D eigenvalue weighted by Crippen LogP contribution is -2.09. The molecule has 0 bridgehead atoms. The van der Waals surface area contributed by atoms with Crippen LogP contribution in [0.4, 0.5) is 17.1 Å². The molecule has 8 aromatic carbocycles. The zero-order chi connectivity index (χ0) is 31.9. The van der Waals surface area contributed by atoms with E-state index in [0.717, 1.165) is 17.1 Å². The Morgan fingerprint density at radius 3 is 1.62 bits per heavy atom. The third kappa shape index (κ3) is 4.83. The molecular formula is C46H32N2. The highest BCUT2D eigenvalue weighted by atomic mass is 15.1. The molecule has 48 heavy (non-hydrogen) atoms. The van der Waals surface area contributed by atoms with Crippen molar-refractivity contribution in [3.05, 3.63) is 194 Å². The smallest absolute Gasteiger partial charge is 0.0541 e. The van der Waals surface area contributed by atoms with E-state index < -0.39 is 0 Å². The number of benzene rings is 8. The van der Waals surface area contributed by atoms with Crippen molar-refractivity contribution in [2.75, 3.05) is 4.90 Å². The van der Waals surface area contributed by atoms with Gasteiger partial charge in [0.1, 0.15) is 0 Å². The molecule has 2 nitrogen and oxygen atoms in total. The number of aromatic nitrogens is 1. The quantitative estimate of drug-likeness (QED) is 0.181. The first kappa shape index (κ1) is 27.9. The molecule has 0 unspecified atom stereocenters. The van der Waals surface area contributed by atoms with Crippen molar-refractivity contribution in [3.63, 3.8) is 0 Å². The third-order valence-electron chi connectivity index (χ3n) is 9.39. The van der Waals surface area contributed by atoms with E-state index in [9.17, 15) is 0 Å². The van der Waals surface area contributed by atoms with Gasteiger partial charge in [-0.2, -0.15) is 0 Å². The van der Waals surface area contributed by atoms with Crippen LogP contribution in [0.2, 0.25) is 0 Å². The van der Waals surface area contributed by atoms with Crippen LogP contribution in [0.15, 0.2) is 194 Å². The topological polar surface area (TPSA) is 8.17 Å². The number of nitrogens with zero attached hydrogens (tertiary/aromatic N) is 2. The summed E-state index contributed by atoms with van der Waals surface area (Å²) in [6.45, 7) is 0. The first-order valence-electron chi connectivity index (χ1n) is 16.4. The standard InChI is InChI=1S/C46H32N2/c1-3-14-37(15-4-1)47(40-29-24-35(25-30-40)42-20-11-13-34-12-7-8-18-41(34)42)39-27-22-33(23-28-39)36-26-31-46-44(32-36)43-19-9-10-21-45(43)48(46)38-16-5-2-6-17-38/h1-32H. The van der Waals surface area contributed by atoms with Crippen molar-refractivity contribution in [2.45, 2.75) is 0 Å². The largest absolute Gasteiger partial charge is 0.311 e. The molecule has 9 rings (SSSR count). The van der Waals surface area contributed by atoms with Crippen LogP contribution in [0.5, 0.6) is 0 Å². The van der Waals surface area contributed by atoms with Gasteiger partial charge in [-0.05, 0) is 99.8 Å². The lowest BCUT2D eigenvalue weighted by Gasteiger charge is -2.26. The van der Waals surface area contributed by atoms with Gasteiger partial charge in [0.2, 0.25) is 0 Å². The highest BCUT2D eigenvalue weighted by Gasteiger charge is 2.15. The number of rotatable bonds is 6. The maximum atomic E-state index is 2.36. The van der Waals surface area contributed by atoms with Gasteiger partial charge in [-0.25, -0.2) is 0 Å². The molecule has 0 aliphatic heterocycles. The Morgan fingerprint density at radius 2 is 0.875 bits per heavy atom. The second-order valence-electron chi connectivity index (χ2n) is 12.2. The summed E-state index contributed by atoms with van der Waals surface area (Å²) in [6.07, 6.45) is 0. The van der Waals surface area contributed by atoms with Crippen LogP contribution in [-0.4, -0.2) is 4.57 Å². The van der Waals surface area contributed by atoms with E-state index in [-0.39, 0.29) is 0 Å². The molecule has 0 atom stereocenters. The van der Waals surface area contributed by atoms with Crippen molar-refractivity contribution in [1.29, 1.82) is 0 Å². The molecule has 0 aliphatic rings. The number of para-hydroxylation sites is 3. The minimum absolute atomic E-state index is 1.12. The van der Waals surface area contributed by atoms with Gasteiger partial charge in [0.25, 0.3) is 0 Å². The van der Waals surface area contributed by atoms with Gasteiger partial charge in [-0.15, -0.1) is 0 Å². The summed E-state index contributed by atoms with van der Waals surface area (Å²) in [5.74, 6) is 0. The predicted molar refractivity (Wildman–Crippen MR) is 204 cm³/mol. The number of hydrogen-bond donors (Lipinski definition) is 0. The Balaban J connectivity index is 1.09. The lowest BCUT2D eigenvalue weighted by molar-refractivity contribution is 1.18. The van der Waals surface area contributed by atoms with Gasteiger partial charge in [0, 0.05) is 33.5 Å². The fourth-order valence-electron chi connectivity index (χ4n) is 7.10. The van der Waals surface area contributed by atoms with E-state index in [1.807, 2.05) is 0 Å². The van der Waals surface area contributed by atoms with E-state index >= 15 is 0 Å². The Hall–Kier alpha value is -6.38. The van der Waals surface area contributed by atoms with Gasteiger partial charge in [-0.3, -0.25) is 0 Å². The molecule has 0 aliphatic carbocycles. The maximum Gasteiger partial charge on any atom is 0.0541 e. The van der Waals surface area contributed by atoms with Crippen LogP contribution in [0, 0.1) is 0 Å². The summed E-state index contributed by atoms with van der Waals surface area (Å²) < 4.78 is 2.36. The van der Waals surface area contributed by atoms with E-state index in [1.54, 1.807) is 0 Å². The minimum Gasteiger partial charge on any atom is -0.311 e. The van der Waals surface area contributed by atoms with Gasteiger partial charge in [-0.1, -0.05) is 127 Å². The van der Waals surface area contributed by atoms with E-state index in [1.165, 1.54) is 60.5 Å². The van der Waals surface area contributed by atoms with Crippen LogP contribution >= 0.6 is 0 Å². The molecule has 0 saturated heterocycles. The molecule has 0 fully saturated rings. The molecule has 0 amide bonds. The monoisotopic (exact) mass is 612 g/mol. The average Bonchev–Trinajstić information content (AvgIpc) is 3.50. The lowest BCUT2D eigenvalue weighted by atomic mass is 9.98. The fraction of sp³-hybridized carbons (Fsp3) is 0. The highest BCUT2D eigenvalue weighted by molar-refractivity contribution is 6.10. The zero-order valence-corrected chi connectivity index (χ0v) is 26.4. The average molecular weight is 613 g/mol. The fourth-order valence-corrected chi connectivity index (χ4v) is 7.10. The van der Waals surface area contributed by atoms with Crippen molar-refractivity contribution in [3.8, 4) is 27.9 Å². The SMILES string of the molecule is c1ccc(N(c2ccc(-c3ccc4c(c3)c3ccccc3n4-c3ccccc3)cc2)c2ccc(-c3cccc4ccccc34)cc2)cc1. The Morgan fingerprint density at radius 1 is 0.333 bits per heavy atom. The van der Waals surface area contributed by atoms with Crippen molar-refractivity contribution in [1.82, 2.24) is 4.57 Å². The van der Waals surface area contributed by atoms with Crippen LogP contribution in [0.25, 0.3) is 60.5 Å². The third-order valence-corrected chi connectivity index (χ3v) is 9.39. The second-order valence-corrected chi connectivity index (χ2v) is 12.2. The van der Waals surface area contributed by atoms with Crippen LogP contribution in [0.1, 0.15) is 0 Å². The molecule has 1 heterocycles. The van der Waals surface area contributed by atoms with Crippen molar-refractivity contribution < 1.29 is 0 Å². The Labute approximate surface area is 280 Å². The molecule has 1 aromatic heterocycles. The summed E-state index contributed by atoms with van der Waals surface area (Å²) in [7, 11) is 0. The van der Waals surface area contributed by atoms with E-state index in [4.69, 9.17) is 0 Å².